The number of ether oxygens (including phenoxy) is 2. The second-order valence-corrected chi connectivity index (χ2v) is 11.9. The topological polar surface area (TPSA) is 72.8 Å². The number of hydrogen-bond donors (Lipinski definition) is 1. The number of methoxy groups -OCH3 is 1. The van der Waals surface area contributed by atoms with Crippen LogP contribution in [0, 0.1) is 19.8 Å². The summed E-state index contributed by atoms with van der Waals surface area (Å²) in [5.41, 5.74) is 5.33. The van der Waals surface area contributed by atoms with Crippen LogP contribution in [0.4, 0.5) is 5.69 Å². The molecule has 40 heavy (non-hydrogen) atoms. The average Bonchev–Trinajstić information content (AvgIpc) is 3.52. The van der Waals surface area contributed by atoms with Crippen molar-refractivity contribution < 1.29 is 19.1 Å². The number of carbonyl (C=O) groups excluding carboxylic acids is 2. The maximum Gasteiger partial charge on any atom is 0.257 e. The first kappa shape index (κ1) is 28.4. The van der Waals surface area contributed by atoms with Crippen LogP contribution in [0.3, 0.4) is 0 Å². The van der Waals surface area contributed by atoms with E-state index in [4.69, 9.17) is 9.47 Å². The fraction of sp³-hybridized carbons (Fsp3) is 0.515. The lowest BCUT2D eigenvalue weighted by Gasteiger charge is -2.30. The van der Waals surface area contributed by atoms with Gasteiger partial charge in [-0.1, -0.05) is 31.2 Å². The highest BCUT2D eigenvalue weighted by atomic mass is 16.5. The maximum absolute atomic E-state index is 13.6. The van der Waals surface area contributed by atoms with Crippen LogP contribution in [0.1, 0.15) is 66.1 Å². The summed E-state index contributed by atoms with van der Waals surface area (Å²) in [5, 5.41) is 4.03. The fourth-order valence-corrected chi connectivity index (χ4v) is 6.33. The van der Waals surface area contributed by atoms with E-state index in [1.54, 1.807) is 7.11 Å². The molecule has 1 saturated heterocycles. The van der Waals surface area contributed by atoms with Gasteiger partial charge in [-0.25, -0.2) is 0 Å². The van der Waals surface area contributed by atoms with Gasteiger partial charge in [0.1, 0.15) is 0 Å². The van der Waals surface area contributed by atoms with E-state index in [1.807, 2.05) is 73.0 Å². The smallest absolute Gasteiger partial charge is 0.257 e. The van der Waals surface area contributed by atoms with Gasteiger partial charge in [0.05, 0.1) is 36.8 Å². The van der Waals surface area contributed by atoms with Crippen LogP contribution < -0.4 is 5.32 Å². The highest BCUT2D eigenvalue weighted by Crippen LogP contribution is 2.29. The second-order valence-electron chi connectivity index (χ2n) is 11.9. The van der Waals surface area contributed by atoms with E-state index in [0.717, 1.165) is 58.5 Å². The highest BCUT2D eigenvalue weighted by molar-refractivity contribution is 6.13. The molecule has 0 radical (unpaired) electrons. The van der Waals surface area contributed by atoms with Crippen LogP contribution in [-0.4, -0.2) is 59.8 Å². The minimum Gasteiger partial charge on any atom is -0.380 e. The minimum atomic E-state index is -0.138. The lowest BCUT2D eigenvalue weighted by Crippen LogP contribution is -2.40. The van der Waals surface area contributed by atoms with E-state index in [2.05, 4.69) is 12.2 Å². The summed E-state index contributed by atoms with van der Waals surface area (Å²) >= 11 is 0. The first-order valence-corrected chi connectivity index (χ1v) is 14.6. The van der Waals surface area contributed by atoms with Crippen LogP contribution >= 0.6 is 0 Å². The molecule has 2 fully saturated rings. The molecule has 1 aliphatic carbocycles. The van der Waals surface area contributed by atoms with E-state index in [1.165, 1.54) is 12.8 Å². The van der Waals surface area contributed by atoms with Gasteiger partial charge in [0.2, 0.25) is 5.91 Å². The Balaban J connectivity index is 1.25. The number of hydrogen-bond acceptors (Lipinski definition) is 4. The summed E-state index contributed by atoms with van der Waals surface area (Å²) in [6, 6.07) is 12.0. The number of rotatable bonds is 8. The van der Waals surface area contributed by atoms with Gasteiger partial charge in [-0.15, -0.1) is 0 Å². The standard InChI is InChI=1S/C33H43N3O4/c1-21-10-12-26(13-11-21)40-20-25-17-27(39-5)18-36(25)32(37)16-24-14-23(3)30(15-22(24)2)34-33(38)29-19-35(4)31-9-7-6-8-28(29)31/h6-9,14-15,19,21,25-27H,10-13,16-18,20H2,1-5H3,(H,34,38)/t21-,25-,26-,27-/m0/s1. The van der Waals surface area contributed by atoms with Gasteiger partial charge >= 0.3 is 0 Å². The molecule has 0 bridgehead atoms. The Hall–Kier alpha value is -3.16. The van der Waals surface area contributed by atoms with Crippen molar-refractivity contribution in [3.05, 3.63) is 64.8 Å². The maximum atomic E-state index is 13.6. The van der Waals surface area contributed by atoms with Crippen LogP contribution in [-0.2, 0) is 27.7 Å². The number of amides is 2. The van der Waals surface area contributed by atoms with Gasteiger partial charge in [-0.2, -0.15) is 0 Å². The van der Waals surface area contributed by atoms with Gasteiger partial charge in [0.15, 0.2) is 0 Å². The summed E-state index contributed by atoms with van der Waals surface area (Å²) < 4.78 is 13.9. The Bertz CT molecular complexity index is 1370. The van der Waals surface area contributed by atoms with Gasteiger partial charge in [-0.3, -0.25) is 9.59 Å². The number of nitrogens with zero attached hydrogens (tertiary/aromatic N) is 2. The number of nitrogens with one attached hydrogen (secondary N) is 1. The number of benzene rings is 2. The molecule has 2 aliphatic rings. The number of carbonyl (C=O) groups is 2. The van der Waals surface area contributed by atoms with Crippen LogP contribution in [0.5, 0.6) is 0 Å². The van der Waals surface area contributed by atoms with Crippen molar-refractivity contribution in [3.8, 4) is 0 Å². The van der Waals surface area contributed by atoms with E-state index >= 15 is 0 Å². The normalized spacial score (nSPS) is 23.1. The molecule has 2 aromatic carbocycles. The van der Waals surface area contributed by atoms with Crippen molar-refractivity contribution >= 4 is 28.4 Å². The zero-order valence-electron chi connectivity index (χ0n) is 24.5. The molecule has 2 heterocycles. The summed E-state index contributed by atoms with van der Waals surface area (Å²) in [4.78, 5) is 28.7. The molecule has 1 aromatic heterocycles. The lowest BCUT2D eigenvalue weighted by atomic mass is 9.89. The molecule has 0 unspecified atom stereocenters. The van der Waals surface area contributed by atoms with Crippen molar-refractivity contribution in [2.24, 2.45) is 13.0 Å². The molecular weight excluding hydrogens is 502 g/mol. The molecule has 1 N–H and O–H groups in total. The van der Waals surface area contributed by atoms with Crippen molar-refractivity contribution in [2.45, 2.75) is 77.5 Å². The molecule has 7 heteroatoms. The van der Waals surface area contributed by atoms with Gasteiger partial charge < -0.3 is 24.3 Å². The fourth-order valence-electron chi connectivity index (χ4n) is 6.33. The first-order chi connectivity index (χ1) is 19.2. The number of para-hydroxylation sites is 1. The first-order valence-electron chi connectivity index (χ1n) is 14.6. The summed E-state index contributed by atoms with van der Waals surface area (Å²) in [6.45, 7) is 7.46. The molecule has 3 aromatic rings. The van der Waals surface area contributed by atoms with E-state index in [9.17, 15) is 9.59 Å². The Morgan fingerprint density at radius 3 is 2.52 bits per heavy atom. The molecule has 214 valence electrons. The van der Waals surface area contributed by atoms with Crippen LogP contribution in [0.2, 0.25) is 0 Å². The third-order valence-electron chi connectivity index (χ3n) is 8.93. The predicted octanol–water partition coefficient (Wildman–Crippen LogP) is 5.80. The van der Waals surface area contributed by atoms with Crippen molar-refractivity contribution in [1.82, 2.24) is 9.47 Å². The Morgan fingerprint density at radius 2 is 1.77 bits per heavy atom. The number of likely N-dealkylation sites (tertiary alicyclic amines) is 1. The second kappa shape index (κ2) is 12.1. The molecule has 0 spiro atoms. The molecule has 1 saturated carbocycles. The number of aryl methyl sites for hydroxylation is 3. The zero-order chi connectivity index (χ0) is 28.4. The molecule has 5 rings (SSSR count). The lowest BCUT2D eigenvalue weighted by molar-refractivity contribution is -0.133. The minimum absolute atomic E-state index is 0.0393. The summed E-state index contributed by atoms with van der Waals surface area (Å²) in [7, 11) is 3.67. The molecular formula is C33H43N3O4. The van der Waals surface area contributed by atoms with Crippen molar-refractivity contribution in [3.63, 3.8) is 0 Å². The monoisotopic (exact) mass is 545 g/mol. The highest BCUT2D eigenvalue weighted by Gasteiger charge is 2.36. The number of anilines is 1. The van der Waals surface area contributed by atoms with Gasteiger partial charge in [0, 0.05) is 43.5 Å². The third-order valence-corrected chi connectivity index (χ3v) is 8.93. The summed E-state index contributed by atoms with van der Waals surface area (Å²) in [6.07, 6.45) is 7.99. The van der Waals surface area contributed by atoms with Gasteiger partial charge in [-0.05, 0) is 80.7 Å². The van der Waals surface area contributed by atoms with E-state index in [-0.39, 0.29) is 24.0 Å². The molecule has 2 amide bonds. The third kappa shape index (κ3) is 6.11. The Kier molecular flexibility index (Phi) is 8.62. The molecule has 2 atom stereocenters. The van der Waals surface area contributed by atoms with Crippen molar-refractivity contribution in [1.29, 1.82) is 0 Å². The summed E-state index contributed by atoms with van der Waals surface area (Å²) in [5.74, 6) is 0.744. The van der Waals surface area contributed by atoms with Gasteiger partial charge in [0.25, 0.3) is 5.91 Å². The van der Waals surface area contributed by atoms with Crippen LogP contribution in [0.25, 0.3) is 10.9 Å². The molecule has 1 aliphatic heterocycles. The zero-order valence-corrected chi connectivity index (χ0v) is 24.5. The number of fused-ring (bicyclic) bond motifs is 1. The number of aromatic nitrogens is 1. The van der Waals surface area contributed by atoms with E-state index in [0.29, 0.717) is 31.2 Å². The Morgan fingerprint density at radius 1 is 1.02 bits per heavy atom. The predicted molar refractivity (Wildman–Crippen MR) is 159 cm³/mol. The SMILES string of the molecule is CO[C@H]1C[C@@H](CO[C@H]2CC[C@H](C)CC2)N(C(=O)Cc2cc(C)c(NC(=O)c3cn(C)c4ccccc34)cc2C)C1. The Labute approximate surface area is 237 Å². The average molecular weight is 546 g/mol. The van der Waals surface area contributed by atoms with Crippen molar-refractivity contribution in [2.75, 3.05) is 25.6 Å². The van der Waals surface area contributed by atoms with E-state index < -0.39 is 0 Å². The molecule has 7 nitrogen and oxygen atoms in total. The quantitative estimate of drug-likeness (QED) is 0.388. The van der Waals surface area contributed by atoms with Crippen LogP contribution in [0.15, 0.2) is 42.6 Å². The largest absolute Gasteiger partial charge is 0.380 e.